The normalized spacial score (nSPS) is 15.0. The van der Waals surface area contributed by atoms with Crippen molar-refractivity contribution < 1.29 is 14.3 Å². The number of likely N-dealkylation sites (tertiary alicyclic amines) is 1. The Morgan fingerprint density at radius 1 is 1.26 bits per heavy atom. The van der Waals surface area contributed by atoms with Crippen LogP contribution in [0.15, 0.2) is 36.7 Å². The molecule has 1 amide bonds. The minimum Gasteiger partial charge on any atom is -0.450 e. The summed E-state index contributed by atoms with van der Waals surface area (Å²) in [6.45, 7) is 3.87. The van der Waals surface area contributed by atoms with Crippen molar-refractivity contribution in [2.24, 2.45) is 5.92 Å². The van der Waals surface area contributed by atoms with Crippen molar-refractivity contribution in [1.29, 1.82) is 0 Å². The summed E-state index contributed by atoms with van der Waals surface area (Å²) in [4.78, 5) is 30.7. The highest BCUT2D eigenvalue weighted by Crippen LogP contribution is 2.22. The number of benzene rings is 1. The van der Waals surface area contributed by atoms with Gasteiger partial charge in [0.1, 0.15) is 0 Å². The molecule has 1 aromatic heterocycles. The number of Topliss-reactive ketones (excluding diaryl/α,β-unsaturated/α-hetero) is 1. The van der Waals surface area contributed by atoms with Gasteiger partial charge in [-0.2, -0.15) is 0 Å². The van der Waals surface area contributed by atoms with E-state index in [1.807, 2.05) is 35.0 Å². The molecule has 6 nitrogen and oxygen atoms in total. The van der Waals surface area contributed by atoms with Gasteiger partial charge in [-0.25, -0.2) is 9.78 Å². The van der Waals surface area contributed by atoms with E-state index in [0.29, 0.717) is 44.9 Å². The highest BCUT2D eigenvalue weighted by Gasteiger charge is 2.30. The average molecular weight is 390 g/mol. The number of rotatable bonds is 6. The van der Waals surface area contributed by atoms with Crippen LogP contribution in [0.25, 0.3) is 0 Å². The molecular weight excluding hydrogens is 366 g/mol. The lowest BCUT2D eigenvalue weighted by Crippen LogP contribution is -2.41. The Balaban J connectivity index is 1.59. The molecule has 2 heterocycles. The largest absolute Gasteiger partial charge is 0.450 e. The average Bonchev–Trinajstić information content (AvgIpc) is 3.15. The monoisotopic (exact) mass is 389 g/mol. The van der Waals surface area contributed by atoms with E-state index in [0.717, 1.165) is 17.0 Å². The molecule has 0 spiro atoms. The van der Waals surface area contributed by atoms with E-state index in [4.69, 9.17) is 16.3 Å². The van der Waals surface area contributed by atoms with Crippen LogP contribution in [0.4, 0.5) is 4.79 Å². The lowest BCUT2D eigenvalue weighted by molar-refractivity contribution is 0.0743. The summed E-state index contributed by atoms with van der Waals surface area (Å²) in [5.74, 6) is 0.413. The summed E-state index contributed by atoms with van der Waals surface area (Å²) in [6, 6.07) is 7.72. The molecule has 1 aliphatic heterocycles. The highest BCUT2D eigenvalue weighted by molar-refractivity contribution is 6.31. The molecule has 0 unspecified atom stereocenters. The molecule has 0 bridgehead atoms. The topological polar surface area (TPSA) is 64.4 Å². The van der Waals surface area contributed by atoms with Gasteiger partial charge in [-0.1, -0.05) is 29.8 Å². The molecule has 3 rings (SSSR count). The van der Waals surface area contributed by atoms with Gasteiger partial charge >= 0.3 is 6.09 Å². The summed E-state index contributed by atoms with van der Waals surface area (Å²) in [7, 11) is 0. The fourth-order valence-electron chi connectivity index (χ4n) is 3.38. The number of carbonyl (C=O) groups excluding carboxylic acids is 2. The third-order valence-corrected chi connectivity index (χ3v) is 5.28. The Bertz CT molecular complexity index is 797. The molecular formula is C20H24ClN3O3. The third kappa shape index (κ3) is 4.69. The number of hydrogen-bond acceptors (Lipinski definition) is 4. The van der Waals surface area contributed by atoms with Crippen LogP contribution < -0.4 is 0 Å². The van der Waals surface area contributed by atoms with Crippen LogP contribution >= 0.6 is 11.6 Å². The van der Waals surface area contributed by atoms with Crippen molar-refractivity contribution in [3.05, 3.63) is 53.1 Å². The standard InChI is InChI=1S/C20H24ClN3O3/c1-2-27-20(26)24-12-8-16(9-13-24)18(25)19-22-10-14-23(19)11-7-15-5-3-4-6-17(15)21/h3-6,10,14,16H,2,7-9,11-13H2,1H3. The van der Waals surface area contributed by atoms with Gasteiger partial charge in [0.05, 0.1) is 6.61 Å². The number of imidazole rings is 1. The van der Waals surface area contributed by atoms with Crippen molar-refractivity contribution in [2.45, 2.75) is 32.7 Å². The van der Waals surface area contributed by atoms with Crippen molar-refractivity contribution in [3.63, 3.8) is 0 Å². The van der Waals surface area contributed by atoms with Gasteiger partial charge in [-0.3, -0.25) is 4.79 Å². The number of aromatic nitrogens is 2. The summed E-state index contributed by atoms with van der Waals surface area (Å²) in [5.41, 5.74) is 1.05. The zero-order valence-electron chi connectivity index (χ0n) is 15.4. The van der Waals surface area contributed by atoms with Crippen LogP contribution in [0.3, 0.4) is 0 Å². The number of carbonyl (C=O) groups is 2. The minimum atomic E-state index is -0.301. The number of aryl methyl sites for hydroxylation is 2. The lowest BCUT2D eigenvalue weighted by atomic mass is 9.92. The van der Waals surface area contributed by atoms with Crippen LogP contribution in [-0.2, 0) is 17.7 Å². The molecule has 2 aromatic rings. The molecule has 1 fully saturated rings. The molecule has 7 heteroatoms. The van der Waals surface area contributed by atoms with Crippen molar-refractivity contribution in [2.75, 3.05) is 19.7 Å². The molecule has 1 saturated heterocycles. The first-order valence-electron chi connectivity index (χ1n) is 9.30. The highest BCUT2D eigenvalue weighted by atomic mass is 35.5. The zero-order chi connectivity index (χ0) is 19.2. The second-order valence-corrected chi connectivity index (χ2v) is 7.02. The predicted octanol–water partition coefficient (Wildman–Crippen LogP) is 3.83. The number of ketones is 1. The molecule has 1 aliphatic rings. The molecule has 0 radical (unpaired) electrons. The molecule has 144 valence electrons. The fraction of sp³-hybridized carbons (Fsp3) is 0.450. The summed E-state index contributed by atoms with van der Waals surface area (Å²) in [5, 5.41) is 0.733. The van der Waals surface area contributed by atoms with Crippen LogP contribution in [0.1, 0.15) is 35.9 Å². The molecule has 0 atom stereocenters. The molecule has 0 saturated carbocycles. The number of amides is 1. The second-order valence-electron chi connectivity index (χ2n) is 6.61. The van der Waals surface area contributed by atoms with E-state index >= 15 is 0 Å². The summed E-state index contributed by atoms with van der Waals surface area (Å²) in [6.07, 6.45) is 5.19. The maximum absolute atomic E-state index is 12.9. The minimum absolute atomic E-state index is 0.0441. The Morgan fingerprint density at radius 2 is 2.00 bits per heavy atom. The van der Waals surface area contributed by atoms with E-state index in [9.17, 15) is 9.59 Å². The van der Waals surface area contributed by atoms with Crippen molar-refractivity contribution >= 4 is 23.5 Å². The van der Waals surface area contributed by atoms with Gasteiger partial charge in [-0.15, -0.1) is 0 Å². The number of piperidine rings is 1. The predicted molar refractivity (Wildman–Crippen MR) is 103 cm³/mol. The quantitative estimate of drug-likeness (QED) is 0.704. The molecule has 0 aliphatic carbocycles. The van der Waals surface area contributed by atoms with Gasteiger partial charge in [0.15, 0.2) is 5.82 Å². The van der Waals surface area contributed by atoms with E-state index in [1.54, 1.807) is 18.0 Å². The fourth-order valence-corrected chi connectivity index (χ4v) is 3.61. The van der Waals surface area contributed by atoms with Crippen LogP contribution in [0.5, 0.6) is 0 Å². The van der Waals surface area contributed by atoms with Gasteiger partial charge in [-0.05, 0) is 37.8 Å². The smallest absolute Gasteiger partial charge is 0.409 e. The number of hydrogen-bond donors (Lipinski definition) is 0. The first kappa shape index (κ1) is 19.4. The van der Waals surface area contributed by atoms with Gasteiger partial charge < -0.3 is 14.2 Å². The Morgan fingerprint density at radius 3 is 2.70 bits per heavy atom. The Labute approximate surface area is 164 Å². The Hall–Kier alpha value is -2.34. The second kappa shape index (κ2) is 9.04. The Kier molecular flexibility index (Phi) is 6.50. The summed E-state index contributed by atoms with van der Waals surface area (Å²) >= 11 is 6.22. The van der Waals surface area contributed by atoms with Crippen LogP contribution in [0.2, 0.25) is 5.02 Å². The van der Waals surface area contributed by atoms with Crippen molar-refractivity contribution in [3.8, 4) is 0 Å². The molecule has 1 aromatic carbocycles. The summed E-state index contributed by atoms with van der Waals surface area (Å²) < 4.78 is 6.92. The van der Waals surface area contributed by atoms with E-state index < -0.39 is 0 Å². The van der Waals surface area contributed by atoms with Gasteiger partial charge in [0.2, 0.25) is 5.78 Å². The number of halogens is 1. The maximum Gasteiger partial charge on any atom is 0.409 e. The number of ether oxygens (including phenoxy) is 1. The van der Waals surface area contributed by atoms with Crippen LogP contribution in [0, 0.1) is 5.92 Å². The van der Waals surface area contributed by atoms with E-state index in [1.165, 1.54) is 0 Å². The van der Waals surface area contributed by atoms with Gasteiger partial charge in [0.25, 0.3) is 0 Å². The van der Waals surface area contributed by atoms with Gasteiger partial charge in [0, 0.05) is 43.0 Å². The van der Waals surface area contributed by atoms with E-state index in [-0.39, 0.29) is 17.8 Å². The molecule has 27 heavy (non-hydrogen) atoms. The first-order valence-corrected chi connectivity index (χ1v) is 9.68. The first-order chi connectivity index (χ1) is 13.1. The maximum atomic E-state index is 12.9. The molecule has 0 N–H and O–H groups in total. The zero-order valence-corrected chi connectivity index (χ0v) is 16.2. The number of nitrogens with zero attached hydrogens (tertiary/aromatic N) is 3. The SMILES string of the molecule is CCOC(=O)N1CCC(C(=O)c2nccn2CCc2ccccc2Cl)CC1. The third-order valence-electron chi connectivity index (χ3n) is 4.91. The lowest BCUT2D eigenvalue weighted by Gasteiger charge is -2.30. The van der Waals surface area contributed by atoms with Crippen molar-refractivity contribution in [1.82, 2.24) is 14.5 Å². The van der Waals surface area contributed by atoms with E-state index in [2.05, 4.69) is 4.98 Å². The van der Waals surface area contributed by atoms with Crippen LogP contribution in [-0.4, -0.2) is 46.0 Å².